The number of nitrogens with zero attached hydrogens (tertiary/aromatic N) is 1. The highest BCUT2D eigenvalue weighted by Gasteiger charge is 2.32. The maximum atomic E-state index is 12.5. The van der Waals surface area contributed by atoms with Crippen LogP contribution >= 0.6 is 11.6 Å². The Kier molecular flexibility index (Phi) is 3.33. The Morgan fingerprint density at radius 2 is 1.88 bits per heavy atom. The molecule has 1 aliphatic heterocycles. The van der Waals surface area contributed by atoms with E-state index in [1.165, 1.54) is 12.2 Å². The number of halogens is 1. The molecule has 124 valence electrons. The van der Waals surface area contributed by atoms with E-state index < -0.39 is 9.84 Å². The van der Waals surface area contributed by atoms with Crippen LogP contribution in [-0.2, 0) is 22.7 Å². The van der Waals surface area contributed by atoms with Gasteiger partial charge in [0.1, 0.15) is 4.36 Å². The lowest BCUT2D eigenvalue weighted by molar-refractivity contribution is 0.460. The van der Waals surface area contributed by atoms with Gasteiger partial charge in [-0.1, -0.05) is 11.6 Å². The number of aryl methyl sites for hydroxylation is 1. The number of sulfone groups is 1. The van der Waals surface area contributed by atoms with Gasteiger partial charge in [0.25, 0.3) is 0 Å². The summed E-state index contributed by atoms with van der Waals surface area (Å²) in [4.78, 5) is 14.0. The Balaban J connectivity index is 2.08. The Labute approximate surface area is 142 Å². The van der Waals surface area contributed by atoms with Gasteiger partial charge in [-0.05, 0) is 65.8 Å². The topological polar surface area (TPSA) is 99.6 Å². The molecule has 2 heterocycles. The number of nitroso groups, excluding NO2 is 1. The molecule has 0 spiro atoms. The van der Waals surface area contributed by atoms with Gasteiger partial charge in [-0.2, -0.15) is 0 Å². The van der Waals surface area contributed by atoms with Gasteiger partial charge in [0, 0.05) is 5.39 Å². The third kappa shape index (κ3) is 1.98. The highest BCUT2D eigenvalue weighted by molar-refractivity contribution is 8.05. The number of hydrogen-bond donors (Lipinski definition) is 2. The fourth-order valence-corrected chi connectivity index (χ4v) is 5.04. The predicted molar refractivity (Wildman–Crippen MR) is 92.9 cm³/mol. The second kappa shape index (κ2) is 5.19. The van der Waals surface area contributed by atoms with E-state index in [4.69, 9.17) is 11.6 Å². The van der Waals surface area contributed by atoms with Crippen molar-refractivity contribution < 1.29 is 13.5 Å². The molecule has 2 aliphatic rings. The molecule has 0 saturated carbocycles. The second-order valence-corrected chi connectivity index (χ2v) is 8.45. The van der Waals surface area contributed by atoms with Crippen LogP contribution in [0.1, 0.15) is 29.5 Å². The average molecular weight is 365 g/mol. The smallest absolute Gasteiger partial charge is 0.219 e. The van der Waals surface area contributed by atoms with Crippen molar-refractivity contribution in [3.63, 3.8) is 0 Å². The van der Waals surface area contributed by atoms with Gasteiger partial charge in [-0.25, -0.2) is 8.42 Å². The molecule has 24 heavy (non-hydrogen) atoms. The van der Waals surface area contributed by atoms with E-state index in [1.54, 1.807) is 6.07 Å². The number of aromatic amines is 1. The van der Waals surface area contributed by atoms with Gasteiger partial charge >= 0.3 is 0 Å². The molecule has 0 saturated heterocycles. The van der Waals surface area contributed by atoms with Crippen molar-refractivity contribution in [3.05, 3.63) is 44.2 Å². The van der Waals surface area contributed by atoms with Gasteiger partial charge in [0.2, 0.25) is 15.7 Å². The van der Waals surface area contributed by atoms with Crippen molar-refractivity contribution >= 4 is 42.9 Å². The standard InChI is InChI=1S/C16H13ClN2O4S/c17-13-6-5-12(24(13,22)23)10-7-11-14(18-16(20)15(11)19-21)9-4-2-1-3-8(9)10/h5-7,18,20H,1-4H2. The Morgan fingerprint density at radius 1 is 1.17 bits per heavy atom. The van der Waals surface area contributed by atoms with Crippen LogP contribution in [0.15, 0.2) is 27.8 Å². The monoisotopic (exact) mass is 364 g/mol. The molecule has 0 amide bonds. The molecule has 1 aliphatic carbocycles. The zero-order valence-corrected chi connectivity index (χ0v) is 14.0. The first-order valence-electron chi connectivity index (χ1n) is 7.51. The number of nitrogens with one attached hydrogen (secondary N) is 1. The molecule has 2 aromatic rings. The zero-order valence-electron chi connectivity index (χ0n) is 12.5. The summed E-state index contributed by atoms with van der Waals surface area (Å²) in [5.74, 6) is -0.302. The predicted octanol–water partition coefficient (Wildman–Crippen LogP) is 4.00. The minimum atomic E-state index is -3.73. The van der Waals surface area contributed by atoms with Crippen LogP contribution < -0.4 is 0 Å². The lowest BCUT2D eigenvalue weighted by Crippen LogP contribution is -2.09. The van der Waals surface area contributed by atoms with E-state index in [0.717, 1.165) is 36.8 Å². The summed E-state index contributed by atoms with van der Waals surface area (Å²) in [7, 11) is -3.73. The van der Waals surface area contributed by atoms with Gasteiger partial charge < -0.3 is 10.1 Å². The number of hydrogen-bond acceptors (Lipinski definition) is 5. The largest absolute Gasteiger partial charge is 0.493 e. The summed E-state index contributed by atoms with van der Waals surface area (Å²) >= 11 is 5.82. The van der Waals surface area contributed by atoms with Gasteiger partial charge in [0.15, 0.2) is 5.69 Å². The fraction of sp³-hybridized carbons (Fsp3) is 0.250. The van der Waals surface area contributed by atoms with Crippen LogP contribution in [0.5, 0.6) is 5.88 Å². The minimum Gasteiger partial charge on any atom is -0.493 e. The number of allylic oxidation sites excluding steroid dienone is 2. The summed E-state index contributed by atoms with van der Waals surface area (Å²) in [6, 6.07) is 1.61. The van der Waals surface area contributed by atoms with E-state index in [-0.39, 0.29) is 20.8 Å². The van der Waals surface area contributed by atoms with Crippen LogP contribution in [0.4, 0.5) is 5.69 Å². The Bertz CT molecular complexity index is 1060. The maximum Gasteiger partial charge on any atom is 0.219 e. The normalized spacial score (nSPS) is 19.0. The third-order valence-electron chi connectivity index (χ3n) is 4.64. The number of rotatable bonds is 2. The van der Waals surface area contributed by atoms with Crippen LogP contribution in [0, 0.1) is 4.91 Å². The summed E-state index contributed by atoms with van der Waals surface area (Å²) < 4.78 is 24.7. The number of aromatic nitrogens is 1. The Hall–Kier alpha value is -2.12. The number of benzene rings is 1. The SMILES string of the molecule is O=Nc1c(O)[nH]c2c3c(c(C4=CC=C(Cl)S4(=O)=O)cc12)CCCC3. The molecule has 2 N–H and O–H groups in total. The molecule has 1 aromatic heterocycles. The van der Waals surface area contributed by atoms with Crippen LogP contribution in [0.3, 0.4) is 0 Å². The molecule has 0 atom stereocenters. The summed E-state index contributed by atoms with van der Waals surface area (Å²) in [5.41, 5.74) is 2.93. The van der Waals surface area contributed by atoms with Crippen molar-refractivity contribution in [2.24, 2.45) is 5.18 Å². The van der Waals surface area contributed by atoms with Crippen molar-refractivity contribution in [1.82, 2.24) is 4.98 Å². The molecule has 1 aromatic carbocycles. The summed E-state index contributed by atoms with van der Waals surface area (Å²) in [6.45, 7) is 0. The summed E-state index contributed by atoms with van der Waals surface area (Å²) in [6.07, 6.45) is 6.22. The van der Waals surface area contributed by atoms with E-state index in [1.807, 2.05) is 0 Å². The highest BCUT2D eigenvalue weighted by Crippen LogP contribution is 2.45. The lowest BCUT2D eigenvalue weighted by atomic mass is 9.86. The number of fused-ring (bicyclic) bond motifs is 3. The number of H-pyrrole nitrogens is 1. The van der Waals surface area contributed by atoms with Crippen molar-refractivity contribution in [1.29, 1.82) is 0 Å². The van der Waals surface area contributed by atoms with E-state index in [2.05, 4.69) is 10.2 Å². The molecule has 6 nitrogen and oxygen atoms in total. The molecule has 4 rings (SSSR count). The van der Waals surface area contributed by atoms with E-state index in [0.29, 0.717) is 16.5 Å². The first kappa shape index (κ1) is 15.4. The van der Waals surface area contributed by atoms with E-state index >= 15 is 0 Å². The first-order valence-corrected chi connectivity index (χ1v) is 9.37. The third-order valence-corrected chi connectivity index (χ3v) is 6.96. The molecule has 0 unspecified atom stereocenters. The summed E-state index contributed by atoms with van der Waals surface area (Å²) in [5, 5.41) is 13.2. The second-order valence-electron chi connectivity index (χ2n) is 5.93. The maximum absolute atomic E-state index is 12.5. The molecule has 0 radical (unpaired) electrons. The minimum absolute atomic E-state index is 0.102. The lowest BCUT2D eigenvalue weighted by Gasteiger charge is -2.21. The van der Waals surface area contributed by atoms with Crippen LogP contribution in [-0.4, -0.2) is 18.5 Å². The molecule has 8 heteroatoms. The van der Waals surface area contributed by atoms with Crippen LogP contribution in [0.25, 0.3) is 15.8 Å². The molecule has 0 fully saturated rings. The average Bonchev–Trinajstić information content (AvgIpc) is 3.02. The number of aromatic hydroxyl groups is 1. The fourth-order valence-electron chi connectivity index (χ4n) is 3.55. The van der Waals surface area contributed by atoms with Crippen molar-refractivity contribution in [2.45, 2.75) is 25.7 Å². The van der Waals surface area contributed by atoms with E-state index in [9.17, 15) is 18.4 Å². The Morgan fingerprint density at radius 3 is 2.50 bits per heavy atom. The van der Waals surface area contributed by atoms with Gasteiger partial charge in [0.05, 0.1) is 10.4 Å². The zero-order chi connectivity index (χ0) is 17.1. The quantitative estimate of drug-likeness (QED) is 0.786. The van der Waals surface area contributed by atoms with Gasteiger partial charge in [-0.3, -0.25) is 0 Å². The molecular weight excluding hydrogens is 352 g/mol. The molecule has 0 bridgehead atoms. The van der Waals surface area contributed by atoms with Gasteiger partial charge in [-0.15, -0.1) is 4.91 Å². The van der Waals surface area contributed by atoms with Crippen molar-refractivity contribution in [3.8, 4) is 5.88 Å². The van der Waals surface area contributed by atoms with Crippen molar-refractivity contribution in [2.75, 3.05) is 0 Å². The first-order chi connectivity index (χ1) is 11.4. The highest BCUT2D eigenvalue weighted by atomic mass is 35.5. The molecular formula is C16H13ClN2O4S. The van der Waals surface area contributed by atoms with Crippen LogP contribution in [0.2, 0.25) is 0 Å².